The molecule has 0 aliphatic carbocycles. The zero-order chi connectivity index (χ0) is 5.45. The molecule has 0 aliphatic heterocycles. The first-order chi connectivity index (χ1) is 2.24. The van der Waals surface area contributed by atoms with E-state index in [-0.39, 0.29) is 30.9 Å². The first-order valence-electron chi connectivity index (χ1n) is 0.722. The average Bonchev–Trinajstić information content (AvgIpc) is 0.650. The maximum atomic E-state index is 8.64. The van der Waals surface area contributed by atoms with Gasteiger partial charge in [-0.3, -0.25) is 0 Å². The Morgan fingerprint density at radius 3 is 0.800 bits per heavy atom. The van der Waals surface area contributed by atoms with Crippen molar-refractivity contribution in [2.75, 3.05) is 0 Å². The van der Waals surface area contributed by atoms with Crippen LogP contribution in [-0.4, -0.2) is 0 Å². The molecule has 0 rings (SSSR count). The van der Waals surface area contributed by atoms with Crippen molar-refractivity contribution in [3.05, 3.63) is 0 Å². The topological polar surface area (TPSA) is 207 Å². The van der Waals surface area contributed by atoms with Crippen molar-refractivity contribution in [1.82, 2.24) is 18.5 Å². The first-order valence-corrected chi connectivity index (χ1v) is 4.27. The quantitative estimate of drug-likeness (QED) is 0.370. The predicted molar refractivity (Wildman–Crippen MR) is 20.0 cm³/mol. The third-order valence-electron chi connectivity index (χ3n) is 0. The van der Waals surface area contributed by atoms with Gasteiger partial charge < -0.3 is 30.9 Å². The van der Waals surface area contributed by atoms with E-state index in [0.29, 0.717) is 0 Å². The van der Waals surface area contributed by atoms with Crippen molar-refractivity contribution < 1.29 is 45.2 Å². The molecule has 0 fully saturated rings. The van der Waals surface area contributed by atoms with Gasteiger partial charge in [0.1, 0.15) is 0 Å². The second-order valence-corrected chi connectivity index (χ2v) is 3.49. The van der Waals surface area contributed by atoms with Crippen molar-refractivity contribution in [3.63, 3.8) is 0 Å². The minimum atomic E-state index is -7.72. The Bertz CT molecular complexity index is 195. The van der Waals surface area contributed by atoms with E-state index in [0.717, 1.165) is 0 Å². The summed E-state index contributed by atoms with van der Waals surface area (Å²) in [6.45, 7) is 0. The van der Waals surface area contributed by atoms with E-state index >= 15 is 0 Å². The van der Waals surface area contributed by atoms with Crippen LogP contribution in [0.1, 0.15) is 0 Å². The second-order valence-electron chi connectivity index (χ2n) is 0.589. The Morgan fingerprint density at radius 1 is 0.800 bits per heavy atom. The Kier molecular flexibility index (Phi) is 18.8. The number of hydrogen-bond donors (Lipinski definition) is 3. The van der Waals surface area contributed by atoms with Crippen LogP contribution in [0, 0.1) is 0 Å². The van der Waals surface area contributed by atoms with Crippen molar-refractivity contribution in [2.45, 2.75) is 0 Å². The normalized spacial score (nSPS) is 11.2. The van der Waals surface area contributed by atoms with E-state index in [1.807, 2.05) is 0 Å². The Hall–Kier alpha value is 0.113. The Morgan fingerprint density at radius 2 is 0.800 bits per heavy atom. The molecule has 0 amide bonds. The second kappa shape index (κ2) is 5.87. The fraction of sp³-hybridized carbons (Fsp3) is 0. The molecule has 10 heteroatoms. The summed E-state index contributed by atoms with van der Waals surface area (Å²) in [7, 11) is 0. The number of quaternary nitrogens is 3. The minimum absolute atomic E-state index is 0. The van der Waals surface area contributed by atoms with Gasteiger partial charge in [0.2, 0.25) is 0 Å². The molecular formula is H12ClN3O5Ru. The summed E-state index contributed by atoms with van der Waals surface area (Å²) >= 11 is -7.72. The van der Waals surface area contributed by atoms with Gasteiger partial charge in [0.25, 0.3) is 0 Å². The Balaban J connectivity index is -0.0000000208. The van der Waals surface area contributed by atoms with Crippen LogP contribution in [0.4, 0.5) is 0 Å². The third-order valence-corrected chi connectivity index (χ3v) is 0. The molecule has 0 atom stereocenters. The third kappa shape index (κ3) is 31900. The summed E-state index contributed by atoms with van der Waals surface area (Å²) in [4.78, 5) is 0. The molecular weight excluding hydrogens is 259 g/mol. The van der Waals surface area contributed by atoms with E-state index in [1.165, 1.54) is 0 Å². The summed E-state index contributed by atoms with van der Waals surface area (Å²) < 4.78 is 43.2. The molecule has 12 N–H and O–H groups in total. The van der Waals surface area contributed by atoms with E-state index in [9.17, 15) is 0 Å². The van der Waals surface area contributed by atoms with E-state index < -0.39 is 14.2 Å². The standard InChI is InChI=1S/ClH.3H3N.5O.Ru/h1H;3*1H3;;;;;;/q;;;;;;;2*-1;/p+2. The molecule has 0 unspecified atom stereocenters. The molecule has 0 spiro atoms. The zero-order valence-corrected chi connectivity index (χ0v) is 8.27. The zero-order valence-electron chi connectivity index (χ0n) is 5.77. The van der Waals surface area contributed by atoms with Gasteiger partial charge in [-0.2, -0.15) is 0 Å². The molecule has 0 saturated carbocycles. The predicted octanol–water partition coefficient (Wildman–Crippen LogP) is -4.60. The van der Waals surface area contributed by atoms with Crippen molar-refractivity contribution >= 4 is 0 Å². The molecule has 10 heavy (non-hydrogen) atoms. The molecule has 0 aromatic carbocycles. The maximum absolute atomic E-state index is 8.64. The van der Waals surface area contributed by atoms with Gasteiger partial charge in [-0.25, -0.2) is 0 Å². The monoisotopic (exact) mass is 271 g/mol. The first kappa shape index (κ1) is 32.1. The fourth-order valence-electron chi connectivity index (χ4n) is 0. The molecule has 8 nitrogen and oxygen atoms in total. The summed E-state index contributed by atoms with van der Waals surface area (Å²) in [5.74, 6) is 0. The van der Waals surface area contributed by atoms with Crippen LogP contribution in [0.3, 0.4) is 0 Å². The van der Waals surface area contributed by atoms with Crippen LogP contribution in [0.15, 0.2) is 0 Å². The Labute approximate surface area is 64.1 Å². The van der Waals surface area contributed by atoms with Crippen molar-refractivity contribution in [2.24, 2.45) is 0 Å². The molecule has 72 valence electrons. The molecule has 0 saturated heterocycles. The van der Waals surface area contributed by atoms with E-state index in [4.69, 9.17) is 18.6 Å². The average molecular weight is 271 g/mol. The fourth-order valence-corrected chi connectivity index (χ4v) is 0. The molecule has 0 aromatic rings. The van der Waals surface area contributed by atoms with Gasteiger partial charge in [0, 0.05) is 0 Å². The van der Waals surface area contributed by atoms with Gasteiger partial charge in [-0.15, -0.1) is 0 Å². The van der Waals surface area contributed by atoms with Crippen molar-refractivity contribution in [1.29, 1.82) is 0 Å². The SMILES string of the molecule is [Cl-].[NH4+].[NH4+].[NH4+].[O]=[Ru](=[O])(=[O])([O-])[O-]. The molecule has 0 aromatic heterocycles. The van der Waals surface area contributed by atoms with Gasteiger partial charge in [0.15, 0.2) is 0 Å². The molecule has 0 heterocycles. The van der Waals surface area contributed by atoms with Crippen LogP contribution in [0.5, 0.6) is 0 Å². The van der Waals surface area contributed by atoms with E-state index in [2.05, 4.69) is 0 Å². The molecule has 0 aliphatic rings. The van der Waals surface area contributed by atoms with Gasteiger partial charge in [-0.05, 0) is 0 Å². The van der Waals surface area contributed by atoms with Gasteiger partial charge >= 0.3 is 32.8 Å². The molecule has 0 bridgehead atoms. The van der Waals surface area contributed by atoms with Crippen LogP contribution in [0.25, 0.3) is 0 Å². The van der Waals surface area contributed by atoms with Crippen LogP contribution in [-0.2, 0) is 24.9 Å². The van der Waals surface area contributed by atoms with Gasteiger partial charge in [-0.1, -0.05) is 0 Å². The van der Waals surface area contributed by atoms with Gasteiger partial charge in [0.05, 0.1) is 0 Å². The number of hydrogen-bond acceptors (Lipinski definition) is 5. The number of rotatable bonds is 0. The van der Waals surface area contributed by atoms with E-state index in [1.54, 1.807) is 0 Å². The van der Waals surface area contributed by atoms with Crippen LogP contribution >= 0.6 is 0 Å². The molecule has 0 radical (unpaired) electrons. The van der Waals surface area contributed by atoms with Crippen LogP contribution < -0.4 is 38.7 Å². The summed E-state index contributed by atoms with van der Waals surface area (Å²) in [5.41, 5.74) is 0. The summed E-state index contributed by atoms with van der Waals surface area (Å²) in [6.07, 6.45) is 0. The number of halogens is 1. The summed E-state index contributed by atoms with van der Waals surface area (Å²) in [5, 5.41) is 0. The van der Waals surface area contributed by atoms with Crippen LogP contribution in [0.2, 0.25) is 0 Å². The van der Waals surface area contributed by atoms with Crippen molar-refractivity contribution in [3.8, 4) is 0 Å². The summed E-state index contributed by atoms with van der Waals surface area (Å²) in [6, 6.07) is 0.